The molecule has 1 saturated heterocycles. The predicted octanol–water partition coefficient (Wildman–Crippen LogP) is 1.75. The Balaban J connectivity index is 1.37. The minimum Gasteiger partial charge on any atom is -0.395 e. The summed E-state index contributed by atoms with van der Waals surface area (Å²) in [5, 5.41) is 12.5. The third-order valence-corrected chi connectivity index (χ3v) is 5.29. The zero-order valence-electron chi connectivity index (χ0n) is 13.8. The van der Waals surface area contributed by atoms with E-state index in [1.54, 1.807) is 0 Å². The van der Waals surface area contributed by atoms with Crippen LogP contribution >= 0.6 is 0 Å². The normalized spacial score (nSPS) is 22.0. The van der Waals surface area contributed by atoms with Gasteiger partial charge in [0.1, 0.15) is 0 Å². The summed E-state index contributed by atoms with van der Waals surface area (Å²) in [5.74, 6) is 0.618. The number of piperidine rings is 1. The van der Waals surface area contributed by atoms with Crippen molar-refractivity contribution in [3.8, 4) is 0 Å². The van der Waals surface area contributed by atoms with Crippen molar-refractivity contribution in [2.45, 2.75) is 44.6 Å². The van der Waals surface area contributed by atoms with Crippen LogP contribution in [0.3, 0.4) is 0 Å². The fraction of sp³-hybridized carbons (Fsp3) is 0.632. The van der Waals surface area contributed by atoms with Gasteiger partial charge in [0.15, 0.2) is 0 Å². The molecule has 2 aliphatic rings. The Labute approximate surface area is 138 Å². The second kappa shape index (κ2) is 7.93. The number of rotatable bonds is 6. The maximum absolute atomic E-state index is 12.2. The van der Waals surface area contributed by atoms with Crippen LogP contribution in [0.4, 0.5) is 0 Å². The zero-order chi connectivity index (χ0) is 16.1. The van der Waals surface area contributed by atoms with Crippen molar-refractivity contribution >= 4 is 5.91 Å². The van der Waals surface area contributed by atoms with E-state index in [1.165, 1.54) is 24.0 Å². The molecule has 2 N–H and O–H groups in total. The first-order valence-electron chi connectivity index (χ1n) is 8.94. The van der Waals surface area contributed by atoms with E-state index in [2.05, 4.69) is 34.5 Å². The van der Waals surface area contributed by atoms with Gasteiger partial charge in [-0.25, -0.2) is 0 Å². The van der Waals surface area contributed by atoms with Gasteiger partial charge in [-0.15, -0.1) is 0 Å². The number of benzene rings is 1. The maximum atomic E-state index is 12.2. The SMILES string of the molecule is O=C(CC1Cc2ccccc2C1)NCCN1CCCCC1CO. The summed E-state index contributed by atoms with van der Waals surface area (Å²) >= 11 is 0. The van der Waals surface area contributed by atoms with Crippen molar-refractivity contribution in [1.82, 2.24) is 10.2 Å². The van der Waals surface area contributed by atoms with Crippen molar-refractivity contribution in [2.75, 3.05) is 26.2 Å². The Morgan fingerprint density at radius 2 is 1.96 bits per heavy atom. The molecule has 1 amide bonds. The van der Waals surface area contributed by atoms with Crippen molar-refractivity contribution in [3.05, 3.63) is 35.4 Å². The van der Waals surface area contributed by atoms with Crippen LogP contribution in [0.15, 0.2) is 24.3 Å². The van der Waals surface area contributed by atoms with Crippen LogP contribution in [-0.2, 0) is 17.6 Å². The molecule has 126 valence electrons. The number of hydrogen-bond acceptors (Lipinski definition) is 3. The van der Waals surface area contributed by atoms with E-state index in [0.29, 0.717) is 18.9 Å². The smallest absolute Gasteiger partial charge is 0.220 e. The molecule has 4 heteroatoms. The minimum atomic E-state index is 0.167. The fourth-order valence-corrected chi connectivity index (χ4v) is 4.03. The molecule has 0 saturated carbocycles. The molecule has 1 fully saturated rings. The summed E-state index contributed by atoms with van der Waals surface area (Å²) in [6, 6.07) is 8.80. The summed E-state index contributed by atoms with van der Waals surface area (Å²) in [6.07, 6.45) is 6.16. The molecule has 1 unspecified atom stereocenters. The Kier molecular flexibility index (Phi) is 5.68. The highest BCUT2D eigenvalue weighted by Crippen LogP contribution is 2.28. The molecule has 1 aliphatic heterocycles. The molecule has 23 heavy (non-hydrogen) atoms. The highest BCUT2D eigenvalue weighted by Gasteiger charge is 2.24. The van der Waals surface area contributed by atoms with Crippen LogP contribution in [-0.4, -0.2) is 48.2 Å². The van der Waals surface area contributed by atoms with E-state index in [1.807, 2.05) is 0 Å². The number of carbonyl (C=O) groups is 1. The Morgan fingerprint density at radius 1 is 1.22 bits per heavy atom. The molecular weight excluding hydrogens is 288 g/mol. The van der Waals surface area contributed by atoms with Gasteiger partial charge in [0.05, 0.1) is 6.61 Å². The second-order valence-electron chi connectivity index (χ2n) is 6.97. The first-order valence-corrected chi connectivity index (χ1v) is 8.94. The molecule has 1 aliphatic carbocycles. The van der Waals surface area contributed by atoms with Crippen LogP contribution in [0.25, 0.3) is 0 Å². The van der Waals surface area contributed by atoms with Crippen LogP contribution < -0.4 is 5.32 Å². The molecule has 0 aromatic heterocycles. The van der Waals surface area contributed by atoms with Crippen molar-refractivity contribution in [2.24, 2.45) is 5.92 Å². The zero-order valence-corrected chi connectivity index (χ0v) is 13.8. The number of hydrogen-bond donors (Lipinski definition) is 2. The van der Waals surface area contributed by atoms with E-state index in [9.17, 15) is 9.90 Å². The van der Waals surface area contributed by atoms with E-state index in [0.717, 1.165) is 32.4 Å². The molecule has 3 rings (SSSR count). The Morgan fingerprint density at radius 3 is 2.65 bits per heavy atom. The average molecular weight is 316 g/mol. The fourth-order valence-electron chi connectivity index (χ4n) is 4.03. The van der Waals surface area contributed by atoms with Crippen LogP contribution in [0, 0.1) is 5.92 Å². The number of fused-ring (bicyclic) bond motifs is 1. The first-order chi connectivity index (χ1) is 11.3. The molecule has 4 nitrogen and oxygen atoms in total. The number of nitrogens with one attached hydrogen (secondary N) is 1. The second-order valence-corrected chi connectivity index (χ2v) is 6.97. The third-order valence-electron chi connectivity index (χ3n) is 5.29. The largest absolute Gasteiger partial charge is 0.395 e. The number of nitrogens with zero attached hydrogens (tertiary/aromatic N) is 1. The van der Waals surface area contributed by atoms with Gasteiger partial charge in [-0.2, -0.15) is 0 Å². The summed E-state index contributed by atoms with van der Waals surface area (Å²) in [7, 11) is 0. The lowest BCUT2D eigenvalue weighted by atomic mass is 10.0. The molecule has 0 radical (unpaired) electrons. The topological polar surface area (TPSA) is 52.6 Å². The summed E-state index contributed by atoms with van der Waals surface area (Å²) in [5.41, 5.74) is 2.81. The number of carbonyl (C=O) groups excluding carboxylic acids is 1. The first kappa shape index (κ1) is 16.5. The molecule has 1 atom stereocenters. The average Bonchev–Trinajstić information content (AvgIpc) is 2.97. The molecule has 1 heterocycles. The molecule has 1 aromatic rings. The number of aliphatic hydroxyl groups excluding tert-OH is 1. The minimum absolute atomic E-state index is 0.167. The van der Waals surface area contributed by atoms with Gasteiger partial charge in [-0.3, -0.25) is 9.69 Å². The monoisotopic (exact) mass is 316 g/mol. The van der Waals surface area contributed by atoms with E-state index < -0.39 is 0 Å². The Bertz CT molecular complexity index is 507. The molecular formula is C19H28N2O2. The number of likely N-dealkylation sites (tertiary alicyclic amines) is 1. The van der Waals surface area contributed by atoms with E-state index >= 15 is 0 Å². The van der Waals surface area contributed by atoms with Crippen LogP contribution in [0.2, 0.25) is 0 Å². The van der Waals surface area contributed by atoms with Crippen molar-refractivity contribution in [3.63, 3.8) is 0 Å². The highest BCUT2D eigenvalue weighted by atomic mass is 16.3. The van der Waals surface area contributed by atoms with Gasteiger partial charge in [0.2, 0.25) is 5.91 Å². The molecule has 1 aromatic carbocycles. The molecule has 0 spiro atoms. The van der Waals surface area contributed by atoms with Crippen LogP contribution in [0.5, 0.6) is 0 Å². The highest BCUT2D eigenvalue weighted by molar-refractivity contribution is 5.76. The van der Waals surface area contributed by atoms with Gasteiger partial charge >= 0.3 is 0 Å². The van der Waals surface area contributed by atoms with Crippen LogP contribution in [0.1, 0.15) is 36.8 Å². The lowest BCUT2D eigenvalue weighted by molar-refractivity contribution is -0.122. The molecule has 0 bridgehead atoms. The van der Waals surface area contributed by atoms with E-state index in [-0.39, 0.29) is 18.6 Å². The van der Waals surface area contributed by atoms with Gasteiger partial charge in [-0.05, 0) is 49.3 Å². The third kappa shape index (κ3) is 4.33. The van der Waals surface area contributed by atoms with Gasteiger partial charge in [-0.1, -0.05) is 30.7 Å². The lowest BCUT2D eigenvalue weighted by Gasteiger charge is -2.34. The predicted molar refractivity (Wildman–Crippen MR) is 91.3 cm³/mol. The quantitative estimate of drug-likeness (QED) is 0.841. The summed E-state index contributed by atoms with van der Waals surface area (Å²) < 4.78 is 0. The van der Waals surface area contributed by atoms with Gasteiger partial charge in [0, 0.05) is 25.6 Å². The summed E-state index contributed by atoms with van der Waals surface area (Å²) in [6.45, 7) is 2.81. The number of amides is 1. The maximum Gasteiger partial charge on any atom is 0.220 e. The van der Waals surface area contributed by atoms with Gasteiger partial charge < -0.3 is 10.4 Å². The van der Waals surface area contributed by atoms with Crippen molar-refractivity contribution < 1.29 is 9.90 Å². The van der Waals surface area contributed by atoms with E-state index in [4.69, 9.17) is 0 Å². The standard InChI is InChI=1S/C19H28N2O2/c22-14-18-7-3-4-9-21(18)10-8-20-19(23)13-15-11-16-5-1-2-6-17(16)12-15/h1-2,5-6,15,18,22H,3-4,7-14H2,(H,20,23). The lowest BCUT2D eigenvalue weighted by Crippen LogP contribution is -2.45. The Hall–Kier alpha value is -1.39. The number of aliphatic hydroxyl groups is 1. The van der Waals surface area contributed by atoms with Gasteiger partial charge in [0.25, 0.3) is 0 Å². The summed E-state index contributed by atoms with van der Waals surface area (Å²) in [4.78, 5) is 14.5. The van der Waals surface area contributed by atoms with Crippen molar-refractivity contribution in [1.29, 1.82) is 0 Å².